The van der Waals surface area contributed by atoms with Crippen LogP contribution in [0.3, 0.4) is 0 Å². The minimum absolute atomic E-state index is 1.10. The van der Waals surface area contributed by atoms with E-state index in [0.717, 1.165) is 19.6 Å². The topological polar surface area (TPSA) is 17.0 Å². The number of aromatic nitrogens is 1. The van der Waals surface area contributed by atoms with Crippen molar-refractivity contribution in [3.8, 4) is 0 Å². The monoisotopic (exact) mass is 230 g/mol. The van der Waals surface area contributed by atoms with Crippen LogP contribution in [0.4, 0.5) is 0 Å². The zero-order chi connectivity index (χ0) is 12.1. The maximum atomic E-state index is 3.44. The van der Waals surface area contributed by atoms with E-state index < -0.39 is 0 Å². The third-order valence-electron chi connectivity index (χ3n) is 3.21. The smallest absolute Gasteiger partial charge is 0.0482 e. The number of hydrogen-bond acceptors (Lipinski definition) is 1. The minimum atomic E-state index is 1.10. The summed E-state index contributed by atoms with van der Waals surface area (Å²) >= 11 is 0. The molecule has 1 heterocycles. The summed E-state index contributed by atoms with van der Waals surface area (Å²) in [5.74, 6) is 0. The third-order valence-corrected chi connectivity index (χ3v) is 3.21. The average Bonchev–Trinajstić information content (AvgIpc) is 2.74. The minimum Gasteiger partial charge on any atom is -0.347 e. The van der Waals surface area contributed by atoms with E-state index in [9.17, 15) is 0 Å². The van der Waals surface area contributed by atoms with Crippen LogP contribution in [0.1, 0.15) is 25.3 Å². The molecule has 2 heteroatoms. The third kappa shape index (κ3) is 2.89. The van der Waals surface area contributed by atoms with Gasteiger partial charge >= 0.3 is 0 Å². The zero-order valence-electron chi connectivity index (χ0n) is 10.9. The molecule has 0 unspecified atom stereocenters. The number of nitrogens with one attached hydrogen (secondary N) is 1. The molecule has 0 aliphatic heterocycles. The Balaban J connectivity index is 1.97. The normalized spacial score (nSPS) is 11.2. The Kier molecular flexibility index (Phi) is 4.21. The number of aryl methyl sites for hydroxylation is 2. The summed E-state index contributed by atoms with van der Waals surface area (Å²) < 4.78 is 2.36. The Labute approximate surface area is 104 Å². The fourth-order valence-corrected chi connectivity index (χ4v) is 2.25. The van der Waals surface area contributed by atoms with Crippen LogP contribution in [-0.4, -0.2) is 17.7 Å². The molecule has 0 amide bonds. The second-order valence-electron chi connectivity index (χ2n) is 4.62. The van der Waals surface area contributed by atoms with Crippen LogP contribution in [0.2, 0.25) is 0 Å². The standard InChI is InChI=1S/C15H22N2/c1-3-9-16-10-5-11-17-12-8-14-13(2)6-4-7-15(14)17/h4,6-8,12,16H,3,5,9-11H2,1-2H3. The SMILES string of the molecule is CCCNCCCn1ccc2c(C)cccc21. The molecule has 0 radical (unpaired) electrons. The van der Waals surface area contributed by atoms with E-state index in [2.05, 4.69) is 54.2 Å². The number of nitrogens with zero attached hydrogens (tertiary/aromatic N) is 1. The predicted molar refractivity (Wildman–Crippen MR) is 74.5 cm³/mol. The molecule has 17 heavy (non-hydrogen) atoms. The summed E-state index contributed by atoms with van der Waals surface area (Å²) in [6.07, 6.45) is 4.61. The van der Waals surface area contributed by atoms with Gasteiger partial charge in [0.15, 0.2) is 0 Å². The molecule has 2 rings (SSSR count). The average molecular weight is 230 g/mol. The van der Waals surface area contributed by atoms with Crippen LogP contribution >= 0.6 is 0 Å². The van der Waals surface area contributed by atoms with Crippen molar-refractivity contribution in [2.75, 3.05) is 13.1 Å². The largest absolute Gasteiger partial charge is 0.347 e. The van der Waals surface area contributed by atoms with Crippen molar-refractivity contribution in [2.45, 2.75) is 33.2 Å². The maximum absolute atomic E-state index is 3.44. The molecule has 0 aliphatic carbocycles. The van der Waals surface area contributed by atoms with Crippen LogP contribution in [0.5, 0.6) is 0 Å². The molecule has 0 atom stereocenters. The van der Waals surface area contributed by atoms with Crippen molar-refractivity contribution in [3.05, 3.63) is 36.0 Å². The van der Waals surface area contributed by atoms with Crippen molar-refractivity contribution in [1.29, 1.82) is 0 Å². The van der Waals surface area contributed by atoms with Crippen LogP contribution in [0.25, 0.3) is 10.9 Å². The molecular formula is C15H22N2. The molecule has 0 aliphatic rings. The van der Waals surface area contributed by atoms with Gasteiger partial charge in [0.05, 0.1) is 0 Å². The van der Waals surface area contributed by atoms with Gasteiger partial charge in [0.1, 0.15) is 0 Å². The molecule has 0 saturated carbocycles. The quantitative estimate of drug-likeness (QED) is 0.753. The molecule has 2 nitrogen and oxygen atoms in total. The highest BCUT2D eigenvalue weighted by Crippen LogP contribution is 2.19. The lowest BCUT2D eigenvalue weighted by Gasteiger charge is -2.06. The molecule has 0 fully saturated rings. The van der Waals surface area contributed by atoms with Crippen LogP contribution in [0.15, 0.2) is 30.5 Å². The first kappa shape index (κ1) is 12.2. The number of hydrogen-bond donors (Lipinski definition) is 1. The van der Waals surface area contributed by atoms with Crippen LogP contribution < -0.4 is 5.32 Å². The predicted octanol–water partition coefficient (Wildman–Crippen LogP) is 3.34. The van der Waals surface area contributed by atoms with Crippen LogP contribution in [-0.2, 0) is 6.54 Å². The van der Waals surface area contributed by atoms with Crippen molar-refractivity contribution >= 4 is 10.9 Å². The van der Waals surface area contributed by atoms with E-state index in [1.54, 1.807) is 0 Å². The van der Waals surface area contributed by atoms with E-state index in [0.29, 0.717) is 0 Å². The van der Waals surface area contributed by atoms with Gasteiger partial charge in [-0.05, 0) is 50.6 Å². The molecule has 1 aromatic heterocycles. The van der Waals surface area contributed by atoms with E-state index in [1.807, 2.05) is 0 Å². The van der Waals surface area contributed by atoms with E-state index in [1.165, 1.54) is 29.3 Å². The Bertz CT molecular complexity index is 471. The fourth-order valence-electron chi connectivity index (χ4n) is 2.25. The molecule has 1 aromatic carbocycles. The summed E-state index contributed by atoms with van der Waals surface area (Å²) in [7, 11) is 0. The highest BCUT2D eigenvalue weighted by atomic mass is 15.0. The van der Waals surface area contributed by atoms with Crippen molar-refractivity contribution in [2.24, 2.45) is 0 Å². The second kappa shape index (κ2) is 5.87. The first-order chi connectivity index (χ1) is 8.33. The number of benzene rings is 1. The summed E-state index contributed by atoms with van der Waals surface area (Å²) in [5, 5.41) is 4.83. The molecule has 1 N–H and O–H groups in total. The van der Waals surface area contributed by atoms with Crippen molar-refractivity contribution < 1.29 is 0 Å². The summed E-state index contributed by atoms with van der Waals surface area (Å²) in [4.78, 5) is 0. The van der Waals surface area contributed by atoms with Gasteiger partial charge in [-0.1, -0.05) is 19.1 Å². The Morgan fingerprint density at radius 1 is 1.18 bits per heavy atom. The van der Waals surface area contributed by atoms with Gasteiger partial charge < -0.3 is 9.88 Å². The van der Waals surface area contributed by atoms with Gasteiger partial charge in [0, 0.05) is 23.6 Å². The molecule has 2 aromatic rings. The first-order valence-electron chi connectivity index (χ1n) is 6.58. The second-order valence-corrected chi connectivity index (χ2v) is 4.62. The van der Waals surface area contributed by atoms with Gasteiger partial charge in [-0.3, -0.25) is 0 Å². The number of rotatable bonds is 6. The summed E-state index contributed by atoms with van der Waals surface area (Å²) in [5.41, 5.74) is 2.73. The van der Waals surface area contributed by atoms with Gasteiger partial charge in [0.2, 0.25) is 0 Å². The zero-order valence-corrected chi connectivity index (χ0v) is 10.9. The van der Waals surface area contributed by atoms with E-state index in [4.69, 9.17) is 0 Å². The summed E-state index contributed by atoms with van der Waals surface area (Å²) in [6, 6.07) is 8.75. The molecule has 0 saturated heterocycles. The number of fused-ring (bicyclic) bond motifs is 1. The Hall–Kier alpha value is -1.28. The lowest BCUT2D eigenvalue weighted by Crippen LogP contribution is -2.17. The van der Waals surface area contributed by atoms with Gasteiger partial charge in [-0.25, -0.2) is 0 Å². The highest BCUT2D eigenvalue weighted by molar-refractivity contribution is 5.83. The van der Waals surface area contributed by atoms with Gasteiger partial charge in [-0.15, -0.1) is 0 Å². The van der Waals surface area contributed by atoms with Crippen molar-refractivity contribution in [3.63, 3.8) is 0 Å². The van der Waals surface area contributed by atoms with Crippen LogP contribution in [0, 0.1) is 6.92 Å². The first-order valence-corrected chi connectivity index (χ1v) is 6.58. The summed E-state index contributed by atoms with van der Waals surface area (Å²) in [6.45, 7) is 7.72. The maximum Gasteiger partial charge on any atom is 0.0482 e. The molecular weight excluding hydrogens is 208 g/mol. The molecule has 0 spiro atoms. The van der Waals surface area contributed by atoms with Gasteiger partial charge in [-0.2, -0.15) is 0 Å². The highest BCUT2D eigenvalue weighted by Gasteiger charge is 2.01. The molecule has 0 bridgehead atoms. The lowest BCUT2D eigenvalue weighted by molar-refractivity contribution is 0.587. The molecule has 92 valence electrons. The Morgan fingerprint density at radius 3 is 2.88 bits per heavy atom. The Morgan fingerprint density at radius 2 is 2.06 bits per heavy atom. The van der Waals surface area contributed by atoms with Crippen molar-refractivity contribution in [1.82, 2.24) is 9.88 Å². The fraction of sp³-hybridized carbons (Fsp3) is 0.467. The van der Waals surface area contributed by atoms with E-state index >= 15 is 0 Å². The van der Waals surface area contributed by atoms with E-state index in [-0.39, 0.29) is 0 Å². The van der Waals surface area contributed by atoms with Gasteiger partial charge in [0.25, 0.3) is 0 Å². The lowest BCUT2D eigenvalue weighted by atomic mass is 10.1.